The number of nitrogens with zero attached hydrogens (tertiary/aromatic N) is 1. The maximum absolute atomic E-state index is 3.96. The van der Waals surface area contributed by atoms with Gasteiger partial charge in [0.05, 0.1) is 6.20 Å². The summed E-state index contributed by atoms with van der Waals surface area (Å²) in [5.41, 5.74) is 2.37. The summed E-state index contributed by atoms with van der Waals surface area (Å²) in [4.78, 5) is 0. The van der Waals surface area contributed by atoms with E-state index in [2.05, 4.69) is 37.5 Å². The third-order valence-corrected chi connectivity index (χ3v) is 1.64. The molecule has 0 aliphatic carbocycles. The second-order valence-electron chi connectivity index (χ2n) is 3.65. The van der Waals surface area contributed by atoms with Crippen molar-refractivity contribution in [1.82, 2.24) is 10.2 Å². The van der Waals surface area contributed by atoms with E-state index >= 15 is 0 Å². The molecule has 0 atom stereocenters. The number of rotatable bonds is 1. The summed E-state index contributed by atoms with van der Waals surface area (Å²) < 4.78 is 0. The molecule has 0 saturated heterocycles. The fourth-order valence-corrected chi connectivity index (χ4v) is 1.05. The quantitative estimate of drug-likeness (QED) is 0.654. The third kappa shape index (κ3) is 1.50. The molecular weight excluding hydrogens is 136 g/mol. The minimum absolute atomic E-state index is 0.125. The van der Waals surface area contributed by atoms with Gasteiger partial charge in [-0.05, 0) is 0 Å². The molecule has 0 fully saturated rings. The minimum Gasteiger partial charge on any atom is -0.281 e. The molecule has 0 aliphatic heterocycles. The molecule has 0 saturated carbocycles. The molecule has 0 aromatic carbocycles. The van der Waals surface area contributed by atoms with Gasteiger partial charge in [-0.15, -0.1) is 0 Å². The molecule has 0 unspecified atom stereocenters. The van der Waals surface area contributed by atoms with Gasteiger partial charge < -0.3 is 0 Å². The van der Waals surface area contributed by atoms with Gasteiger partial charge in [-0.3, -0.25) is 5.10 Å². The lowest BCUT2D eigenvalue weighted by Crippen LogP contribution is -2.13. The molecule has 2 heteroatoms. The van der Waals surface area contributed by atoms with Crippen LogP contribution in [0.2, 0.25) is 0 Å². The predicted octanol–water partition coefficient (Wildman–Crippen LogP) is 2.35. The van der Waals surface area contributed by atoms with E-state index in [1.54, 1.807) is 6.20 Å². The Bertz CT molecular complexity index is 253. The van der Waals surface area contributed by atoms with Crippen LogP contribution in [0.5, 0.6) is 0 Å². The van der Waals surface area contributed by atoms with Crippen molar-refractivity contribution in [3.05, 3.63) is 24.0 Å². The van der Waals surface area contributed by atoms with Crippen LogP contribution in [0.3, 0.4) is 0 Å². The lowest BCUT2D eigenvalue weighted by Gasteiger charge is -2.16. The van der Waals surface area contributed by atoms with Gasteiger partial charge in [0, 0.05) is 16.7 Å². The topological polar surface area (TPSA) is 28.7 Å². The number of H-pyrrole nitrogens is 1. The maximum atomic E-state index is 3.96. The van der Waals surface area contributed by atoms with Crippen molar-refractivity contribution in [3.8, 4) is 0 Å². The highest BCUT2D eigenvalue weighted by Gasteiger charge is 2.17. The summed E-state index contributed by atoms with van der Waals surface area (Å²) >= 11 is 0. The van der Waals surface area contributed by atoms with Crippen LogP contribution in [0, 0.1) is 0 Å². The van der Waals surface area contributed by atoms with Crippen molar-refractivity contribution < 1.29 is 0 Å². The lowest BCUT2D eigenvalue weighted by atomic mass is 9.90. The van der Waals surface area contributed by atoms with E-state index in [4.69, 9.17) is 0 Å². The second-order valence-corrected chi connectivity index (χ2v) is 3.65. The van der Waals surface area contributed by atoms with Gasteiger partial charge in [0.1, 0.15) is 0 Å². The van der Waals surface area contributed by atoms with Crippen LogP contribution in [0.1, 0.15) is 32.0 Å². The first-order valence-corrected chi connectivity index (χ1v) is 3.72. The number of aromatic nitrogens is 2. The fourth-order valence-electron chi connectivity index (χ4n) is 1.05. The third-order valence-electron chi connectivity index (χ3n) is 1.64. The molecule has 0 aliphatic rings. The Hall–Kier alpha value is -1.05. The minimum atomic E-state index is 0.125. The van der Waals surface area contributed by atoms with Gasteiger partial charge in [0.2, 0.25) is 0 Å². The Morgan fingerprint density at radius 1 is 1.55 bits per heavy atom. The Kier molecular flexibility index (Phi) is 1.85. The van der Waals surface area contributed by atoms with Crippen LogP contribution < -0.4 is 0 Å². The monoisotopic (exact) mass is 150 g/mol. The first-order chi connectivity index (χ1) is 5.05. The summed E-state index contributed by atoms with van der Waals surface area (Å²) in [6.07, 6.45) is 3.62. The van der Waals surface area contributed by atoms with E-state index in [1.807, 2.05) is 6.08 Å². The highest BCUT2D eigenvalue weighted by atomic mass is 15.1. The molecule has 1 heterocycles. The summed E-state index contributed by atoms with van der Waals surface area (Å²) in [5.74, 6) is 0. The van der Waals surface area contributed by atoms with Crippen LogP contribution >= 0.6 is 0 Å². The van der Waals surface area contributed by atoms with Crippen molar-refractivity contribution >= 4 is 6.08 Å². The van der Waals surface area contributed by atoms with Crippen LogP contribution in [-0.2, 0) is 5.41 Å². The smallest absolute Gasteiger partial charge is 0.0562 e. The zero-order valence-corrected chi connectivity index (χ0v) is 7.31. The average Bonchev–Trinajstić information content (AvgIpc) is 2.31. The largest absolute Gasteiger partial charge is 0.281 e. The second kappa shape index (κ2) is 2.53. The molecular formula is C9H14N2. The molecule has 1 aromatic rings. The summed E-state index contributed by atoms with van der Waals surface area (Å²) in [7, 11) is 0. The van der Waals surface area contributed by atoms with Gasteiger partial charge in [-0.2, -0.15) is 5.10 Å². The van der Waals surface area contributed by atoms with Gasteiger partial charge in [-0.25, -0.2) is 0 Å². The Labute approximate surface area is 67.3 Å². The van der Waals surface area contributed by atoms with Gasteiger partial charge >= 0.3 is 0 Å². The van der Waals surface area contributed by atoms with Gasteiger partial charge in [0.25, 0.3) is 0 Å². The molecule has 1 N–H and O–H groups in total. The number of hydrogen-bond donors (Lipinski definition) is 1. The molecule has 1 rings (SSSR count). The van der Waals surface area contributed by atoms with E-state index < -0.39 is 0 Å². The molecule has 2 nitrogen and oxygen atoms in total. The Balaban J connectivity index is 3.12. The number of hydrogen-bond acceptors (Lipinski definition) is 1. The van der Waals surface area contributed by atoms with E-state index in [-0.39, 0.29) is 5.41 Å². The van der Waals surface area contributed by atoms with E-state index in [0.717, 1.165) is 11.3 Å². The highest BCUT2D eigenvalue weighted by molar-refractivity contribution is 5.50. The molecule has 11 heavy (non-hydrogen) atoms. The van der Waals surface area contributed by atoms with Gasteiger partial charge in [0.15, 0.2) is 0 Å². The van der Waals surface area contributed by atoms with Crippen molar-refractivity contribution in [2.45, 2.75) is 26.2 Å². The van der Waals surface area contributed by atoms with Crippen molar-refractivity contribution in [3.63, 3.8) is 0 Å². The van der Waals surface area contributed by atoms with E-state index in [0.29, 0.717) is 0 Å². The molecule has 0 radical (unpaired) electrons. The first kappa shape index (κ1) is 8.05. The summed E-state index contributed by atoms with van der Waals surface area (Å²) in [5, 5.41) is 6.94. The average molecular weight is 150 g/mol. The summed E-state index contributed by atoms with van der Waals surface area (Å²) in [6.45, 7) is 10.2. The normalized spacial score (nSPS) is 11.5. The Morgan fingerprint density at radius 2 is 2.18 bits per heavy atom. The van der Waals surface area contributed by atoms with Gasteiger partial charge in [-0.1, -0.05) is 33.4 Å². The van der Waals surface area contributed by atoms with Crippen molar-refractivity contribution in [2.75, 3.05) is 0 Å². The molecule has 60 valence electrons. The number of nitrogens with one attached hydrogen (secondary N) is 1. The Morgan fingerprint density at radius 3 is 2.55 bits per heavy atom. The standard InChI is InChI=1S/C9H14N2/c1-5-7-6-10-11-8(7)9(2,3)4/h5-6H,1H2,2-4H3,(H,10,11). The maximum Gasteiger partial charge on any atom is 0.0562 e. The first-order valence-electron chi connectivity index (χ1n) is 3.72. The van der Waals surface area contributed by atoms with Crippen molar-refractivity contribution in [2.24, 2.45) is 0 Å². The SMILES string of the molecule is C=Cc1cn[nH]c1C(C)(C)C. The van der Waals surface area contributed by atoms with Crippen LogP contribution in [-0.4, -0.2) is 10.2 Å². The lowest BCUT2D eigenvalue weighted by molar-refractivity contribution is 0.566. The predicted molar refractivity (Wildman–Crippen MR) is 47.4 cm³/mol. The van der Waals surface area contributed by atoms with Crippen LogP contribution in [0.25, 0.3) is 6.08 Å². The van der Waals surface area contributed by atoms with E-state index in [1.165, 1.54) is 0 Å². The van der Waals surface area contributed by atoms with Crippen LogP contribution in [0.4, 0.5) is 0 Å². The van der Waals surface area contributed by atoms with Crippen LogP contribution in [0.15, 0.2) is 12.8 Å². The summed E-state index contributed by atoms with van der Waals surface area (Å²) in [6, 6.07) is 0. The molecule has 0 spiro atoms. The fraction of sp³-hybridized carbons (Fsp3) is 0.444. The highest BCUT2D eigenvalue weighted by Crippen LogP contribution is 2.23. The van der Waals surface area contributed by atoms with E-state index in [9.17, 15) is 0 Å². The molecule has 0 amide bonds. The zero-order chi connectivity index (χ0) is 8.48. The number of aromatic amines is 1. The zero-order valence-electron chi connectivity index (χ0n) is 7.31. The molecule has 0 bridgehead atoms. The molecule has 1 aromatic heterocycles. The van der Waals surface area contributed by atoms with Crippen molar-refractivity contribution in [1.29, 1.82) is 0 Å².